The Bertz CT molecular complexity index is 482. The average Bonchev–Trinajstić information content (AvgIpc) is 2.33. The Hall–Kier alpha value is -1.48. The highest BCUT2D eigenvalue weighted by atomic mass is 35.5. The van der Waals surface area contributed by atoms with E-state index in [4.69, 9.17) is 16.7 Å². The van der Waals surface area contributed by atoms with E-state index in [1.54, 1.807) is 6.08 Å². The van der Waals surface area contributed by atoms with Gasteiger partial charge in [0, 0.05) is 29.4 Å². The van der Waals surface area contributed by atoms with Crippen LogP contribution in [0.4, 0.5) is 5.69 Å². The van der Waals surface area contributed by atoms with Crippen molar-refractivity contribution in [2.75, 3.05) is 18.0 Å². The molecule has 1 N–H and O–H groups in total. The van der Waals surface area contributed by atoms with Gasteiger partial charge in [-0.2, -0.15) is 0 Å². The molecular weight excluding hydrogens is 238 g/mol. The first-order valence-corrected chi connectivity index (χ1v) is 5.89. The molecule has 0 atom stereocenters. The van der Waals surface area contributed by atoms with E-state index in [2.05, 4.69) is 4.90 Å². The van der Waals surface area contributed by atoms with Gasteiger partial charge in [0.2, 0.25) is 0 Å². The molecule has 0 saturated carbocycles. The van der Waals surface area contributed by atoms with Crippen LogP contribution in [0.3, 0.4) is 0 Å². The van der Waals surface area contributed by atoms with Gasteiger partial charge in [0.1, 0.15) is 0 Å². The normalized spacial score (nSPS) is 15.6. The van der Waals surface area contributed by atoms with E-state index in [0.29, 0.717) is 18.5 Å². The van der Waals surface area contributed by atoms with Crippen LogP contribution in [0.1, 0.15) is 12.0 Å². The first kappa shape index (κ1) is 12.0. The van der Waals surface area contributed by atoms with E-state index in [1.807, 2.05) is 25.1 Å². The smallest absolute Gasteiger partial charge is 0.331 e. The Kier molecular flexibility index (Phi) is 3.38. The maximum atomic E-state index is 10.8. The molecular formula is C13H14ClNO2. The maximum absolute atomic E-state index is 10.8. The number of halogens is 1. The maximum Gasteiger partial charge on any atom is 0.331 e. The summed E-state index contributed by atoms with van der Waals surface area (Å²) >= 11 is 6.08. The Morgan fingerprint density at radius 3 is 2.76 bits per heavy atom. The largest absolute Gasteiger partial charge is 0.478 e. The van der Waals surface area contributed by atoms with Crippen LogP contribution in [0.15, 0.2) is 29.8 Å². The number of carboxylic acids is 1. The number of hydrogen-bond acceptors (Lipinski definition) is 2. The second-order valence-electron chi connectivity index (χ2n) is 4.16. The van der Waals surface area contributed by atoms with E-state index < -0.39 is 5.97 Å². The number of carboxylic acid groups (broad SMARTS) is 1. The molecule has 0 fully saturated rings. The van der Waals surface area contributed by atoms with E-state index in [9.17, 15) is 4.79 Å². The fraction of sp³-hybridized carbons (Fsp3) is 0.308. The highest BCUT2D eigenvalue weighted by Crippen LogP contribution is 2.25. The summed E-state index contributed by atoms with van der Waals surface area (Å²) in [6, 6.07) is 5.92. The molecule has 0 amide bonds. The van der Waals surface area contributed by atoms with Crippen LogP contribution in [0.25, 0.3) is 0 Å². The third kappa shape index (κ3) is 2.61. The van der Waals surface area contributed by atoms with Crippen molar-refractivity contribution >= 4 is 23.3 Å². The topological polar surface area (TPSA) is 40.5 Å². The van der Waals surface area contributed by atoms with Crippen molar-refractivity contribution in [3.05, 3.63) is 40.4 Å². The van der Waals surface area contributed by atoms with Crippen LogP contribution in [0.2, 0.25) is 5.02 Å². The van der Waals surface area contributed by atoms with Crippen LogP contribution in [0, 0.1) is 6.92 Å². The zero-order valence-corrected chi connectivity index (χ0v) is 10.4. The van der Waals surface area contributed by atoms with Crippen LogP contribution in [-0.2, 0) is 4.79 Å². The van der Waals surface area contributed by atoms with Crippen molar-refractivity contribution in [3.8, 4) is 0 Å². The van der Waals surface area contributed by atoms with Crippen molar-refractivity contribution in [3.63, 3.8) is 0 Å². The Labute approximate surface area is 105 Å². The van der Waals surface area contributed by atoms with Gasteiger partial charge in [0.05, 0.1) is 0 Å². The van der Waals surface area contributed by atoms with Crippen molar-refractivity contribution in [2.24, 2.45) is 0 Å². The lowest BCUT2D eigenvalue weighted by Crippen LogP contribution is -2.30. The third-order valence-electron chi connectivity index (χ3n) is 3.00. The molecule has 0 spiro atoms. The lowest BCUT2D eigenvalue weighted by Gasteiger charge is -2.27. The molecule has 0 aliphatic carbocycles. The van der Waals surface area contributed by atoms with E-state index in [0.717, 1.165) is 22.8 Å². The van der Waals surface area contributed by atoms with Gasteiger partial charge in [-0.05, 0) is 31.0 Å². The first-order chi connectivity index (χ1) is 8.08. The third-order valence-corrected chi connectivity index (χ3v) is 3.41. The van der Waals surface area contributed by atoms with Gasteiger partial charge in [-0.3, -0.25) is 0 Å². The minimum absolute atomic E-state index is 0.499. The summed E-state index contributed by atoms with van der Waals surface area (Å²) in [4.78, 5) is 12.9. The van der Waals surface area contributed by atoms with Crippen molar-refractivity contribution in [1.82, 2.24) is 0 Å². The number of nitrogens with zero attached hydrogens (tertiary/aromatic N) is 1. The minimum Gasteiger partial charge on any atom is -0.478 e. The number of hydrogen-bond donors (Lipinski definition) is 1. The molecule has 0 radical (unpaired) electrons. The van der Waals surface area contributed by atoms with Crippen LogP contribution in [-0.4, -0.2) is 24.2 Å². The molecule has 1 aliphatic heterocycles. The lowest BCUT2D eigenvalue weighted by molar-refractivity contribution is -0.132. The molecule has 0 aromatic heterocycles. The first-order valence-electron chi connectivity index (χ1n) is 5.51. The monoisotopic (exact) mass is 251 g/mol. The molecule has 90 valence electrons. The molecule has 1 heterocycles. The van der Waals surface area contributed by atoms with Crippen molar-refractivity contribution in [1.29, 1.82) is 0 Å². The SMILES string of the molecule is Cc1ccc(N2CC=C(C(=O)O)CC2)cc1Cl. The summed E-state index contributed by atoms with van der Waals surface area (Å²) in [5, 5.41) is 9.61. The van der Waals surface area contributed by atoms with Gasteiger partial charge in [0.15, 0.2) is 0 Å². The van der Waals surface area contributed by atoms with Crippen molar-refractivity contribution < 1.29 is 9.90 Å². The molecule has 1 aromatic carbocycles. The second-order valence-corrected chi connectivity index (χ2v) is 4.57. The zero-order chi connectivity index (χ0) is 12.4. The number of aliphatic carboxylic acids is 1. The average molecular weight is 252 g/mol. The predicted molar refractivity (Wildman–Crippen MR) is 68.7 cm³/mol. The van der Waals surface area contributed by atoms with Gasteiger partial charge >= 0.3 is 5.97 Å². The number of benzene rings is 1. The summed E-state index contributed by atoms with van der Waals surface area (Å²) in [6.45, 7) is 3.31. The van der Waals surface area contributed by atoms with E-state index in [1.165, 1.54) is 0 Å². The molecule has 1 aliphatic rings. The van der Waals surface area contributed by atoms with Gasteiger partial charge in [-0.1, -0.05) is 23.7 Å². The van der Waals surface area contributed by atoms with Crippen LogP contribution in [0.5, 0.6) is 0 Å². The van der Waals surface area contributed by atoms with Crippen LogP contribution < -0.4 is 4.90 Å². The fourth-order valence-corrected chi connectivity index (χ4v) is 2.05. The number of carbonyl (C=O) groups is 1. The molecule has 0 unspecified atom stereocenters. The molecule has 17 heavy (non-hydrogen) atoms. The lowest BCUT2D eigenvalue weighted by atomic mass is 10.1. The Balaban J connectivity index is 2.15. The van der Waals surface area contributed by atoms with Crippen LogP contribution >= 0.6 is 11.6 Å². The second kappa shape index (κ2) is 4.80. The van der Waals surface area contributed by atoms with E-state index >= 15 is 0 Å². The van der Waals surface area contributed by atoms with Crippen molar-refractivity contribution in [2.45, 2.75) is 13.3 Å². The molecule has 1 aromatic rings. The van der Waals surface area contributed by atoms with Gasteiger partial charge < -0.3 is 10.0 Å². The fourth-order valence-electron chi connectivity index (χ4n) is 1.88. The van der Waals surface area contributed by atoms with Gasteiger partial charge in [-0.25, -0.2) is 4.79 Å². The summed E-state index contributed by atoms with van der Waals surface area (Å²) in [5.74, 6) is -0.813. The summed E-state index contributed by atoms with van der Waals surface area (Å²) < 4.78 is 0. The number of aryl methyl sites for hydroxylation is 1. The van der Waals surface area contributed by atoms with Gasteiger partial charge in [0.25, 0.3) is 0 Å². The quantitative estimate of drug-likeness (QED) is 0.879. The minimum atomic E-state index is -0.813. The standard InChI is InChI=1S/C13H14ClNO2/c1-9-2-3-11(8-12(9)14)15-6-4-10(5-7-15)13(16)17/h2-4,8H,5-7H2,1H3,(H,16,17). The zero-order valence-electron chi connectivity index (χ0n) is 9.61. The Morgan fingerprint density at radius 2 is 2.24 bits per heavy atom. The Morgan fingerprint density at radius 1 is 1.47 bits per heavy atom. The number of anilines is 1. The highest BCUT2D eigenvalue weighted by molar-refractivity contribution is 6.31. The molecule has 0 bridgehead atoms. The predicted octanol–water partition coefficient (Wildman–Crippen LogP) is 2.87. The summed E-state index contributed by atoms with van der Waals surface area (Å²) in [7, 11) is 0. The molecule has 2 rings (SSSR count). The molecule has 0 saturated heterocycles. The van der Waals surface area contributed by atoms with Gasteiger partial charge in [-0.15, -0.1) is 0 Å². The number of rotatable bonds is 2. The van der Waals surface area contributed by atoms with E-state index in [-0.39, 0.29) is 0 Å². The highest BCUT2D eigenvalue weighted by Gasteiger charge is 2.16. The summed E-state index contributed by atoms with van der Waals surface area (Å²) in [5.41, 5.74) is 2.59. The molecule has 4 heteroatoms. The summed E-state index contributed by atoms with van der Waals surface area (Å²) in [6.07, 6.45) is 2.33. The molecule has 3 nitrogen and oxygen atoms in total.